The number of carbonyl (C=O) groups is 3. The van der Waals surface area contributed by atoms with E-state index in [1.165, 1.54) is 6.92 Å². The third-order valence-corrected chi connectivity index (χ3v) is 6.98. The summed E-state index contributed by atoms with van der Waals surface area (Å²) >= 11 is 0. The summed E-state index contributed by atoms with van der Waals surface area (Å²) in [6, 6.07) is 6.43. The first-order chi connectivity index (χ1) is 16.7. The fourth-order valence-corrected chi connectivity index (χ4v) is 4.05. The predicted molar refractivity (Wildman–Crippen MR) is 134 cm³/mol. The van der Waals surface area contributed by atoms with Gasteiger partial charge in [-0.15, -0.1) is 0 Å². The van der Waals surface area contributed by atoms with E-state index < -0.39 is 47.8 Å². The van der Waals surface area contributed by atoms with Crippen LogP contribution < -0.4 is 21.8 Å². The van der Waals surface area contributed by atoms with Crippen LogP contribution >= 0.6 is 0 Å². The summed E-state index contributed by atoms with van der Waals surface area (Å²) in [4.78, 5) is 37.8. The summed E-state index contributed by atoms with van der Waals surface area (Å²) in [6.45, 7) is 13.5. The summed E-state index contributed by atoms with van der Waals surface area (Å²) in [5, 5.41) is 5.34. The maximum Gasteiger partial charge on any atom is 0.494 e. The Hall–Kier alpha value is -2.89. The fraction of sp³-hybridized carbons (Fsp3) is 0.560. The van der Waals surface area contributed by atoms with Gasteiger partial charge in [-0.2, -0.15) is 0 Å². The predicted octanol–water partition coefficient (Wildman–Crippen LogP) is 1.31. The molecule has 1 aromatic carbocycles. The highest BCUT2D eigenvalue weighted by Crippen LogP contribution is 2.36. The van der Waals surface area contributed by atoms with Gasteiger partial charge in [-0.3, -0.25) is 9.59 Å². The lowest BCUT2D eigenvalue weighted by atomic mass is 9.78. The standard InChI is InChI=1S/C25H36BN3O7/c1-16(2)34-22(32)29-25(11-13-33-14-12-25)21(31)28-19(20(27)30)15-17-7-9-18(10-8-17)26-35-23(3,4)24(5,6)36-26/h7-10,19H,1,11-15H2,2-6H3,(H2,27,30)(H,28,31)(H,29,32)/t19-/m0/s1. The highest BCUT2D eigenvalue weighted by Gasteiger charge is 2.51. The Balaban J connectivity index is 1.70. The summed E-state index contributed by atoms with van der Waals surface area (Å²) < 4.78 is 22.5. The monoisotopic (exact) mass is 501 g/mol. The number of allylic oxidation sites excluding steroid dienone is 1. The second kappa shape index (κ2) is 10.6. The first-order valence-corrected chi connectivity index (χ1v) is 12.0. The highest BCUT2D eigenvalue weighted by molar-refractivity contribution is 6.62. The summed E-state index contributed by atoms with van der Waals surface area (Å²) in [7, 11) is -0.505. The van der Waals surface area contributed by atoms with E-state index in [1.54, 1.807) is 0 Å². The minimum absolute atomic E-state index is 0.174. The molecule has 1 aromatic rings. The molecule has 4 N–H and O–H groups in total. The molecule has 2 saturated heterocycles. The number of nitrogens with two attached hydrogens (primary N) is 1. The van der Waals surface area contributed by atoms with Gasteiger partial charge in [0.25, 0.3) is 0 Å². The van der Waals surface area contributed by atoms with Crippen LogP contribution in [0.15, 0.2) is 36.6 Å². The molecule has 10 nitrogen and oxygen atoms in total. The van der Waals surface area contributed by atoms with Crippen molar-refractivity contribution in [3.8, 4) is 0 Å². The fourth-order valence-electron chi connectivity index (χ4n) is 4.05. The topological polar surface area (TPSA) is 138 Å². The molecule has 3 amide bonds. The van der Waals surface area contributed by atoms with Crippen LogP contribution in [0.25, 0.3) is 0 Å². The molecule has 2 heterocycles. The van der Waals surface area contributed by atoms with Gasteiger partial charge in [0.2, 0.25) is 11.8 Å². The van der Waals surface area contributed by atoms with Crippen LogP contribution in [0.1, 0.15) is 53.0 Å². The molecule has 2 aliphatic rings. The molecule has 0 spiro atoms. The molecule has 0 radical (unpaired) electrons. The third-order valence-electron chi connectivity index (χ3n) is 6.98. The van der Waals surface area contributed by atoms with Crippen LogP contribution in [0.3, 0.4) is 0 Å². The Morgan fingerprint density at radius 1 is 1.08 bits per heavy atom. The Labute approximate surface area is 212 Å². The van der Waals surface area contributed by atoms with E-state index in [1.807, 2.05) is 52.0 Å². The van der Waals surface area contributed by atoms with Gasteiger partial charge in [-0.05, 0) is 45.6 Å². The molecular formula is C25H36BN3O7. The third kappa shape index (κ3) is 6.26. The molecule has 1 atom stereocenters. The Morgan fingerprint density at radius 2 is 1.64 bits per heavy atom. The lowest BCUT2D eigenvalue weighted by Gasteiger charge is -2.36. The summed E-state index contributed by atoms with van der Waals surface area (Å²) in [5.74, 6) is -1.03. The van der Waals surface area contributed by atoms with Crippen molar-refractivity contribution >= 4 is 30.5 Å². The van der Waals surface area contributed by atoms with E-state index in [2.05, 4.69) is 17.2 Å². The van der Waals surface area contributed by atoms with Gasteiger partial charge in [0, 0.05) is 32.5 Å². The molecule has 0 bridgehead atoms. The van der Waals surface area contributed by atoms with E-state index in [0.29, 0.717) is 0 Å². The van der Waals surface area contributed by atoms with Crippen LogP contribution in [-0.2, 0) is 34.8 Å². The van der Waals surface area contributed by atoms with Gasteiger partial charge in [0.15, 0.2) is 0 Å². The van der Waals surface area contributed by atoms with Gasteiger partial charge in [0.05, 0.1) is 17.0 Å². The maximum atomic E-state index is 13.3. The second-order valence-corrected chi connectivity index (χ2v) is 10.4. The zero-order chi connectivity index (χ0) is 26.7. The number of carbonyl (C=O) groups excluding carboxylic acids is 3. The minimum Gasteiger partial charge on any atom is -0.416 e. The first kappa shape index (κ1) is 27.7. The lowest BCUT2D eigenvalue weighted by molar-refractivity contribution is -0.134. The zero-order valence-corrected chi connectivity index (χ0v) is 21.6. The number of ether oxygens (including phenoxy) is 2. The van der Waals surface area contributed by atoms with Crippen molar-refractivity contribution in [2.75, 3.05) is 13.2 Å². The number of benzene rings is 1. The van der Waals surface area contributed by atoms with Crippen molar-refractivity contribution in [3.63, 3.8) is 0 Å². The molecule has 3 rings (SSSR count). The molecule has 36 heavy (non-hydrogen) atoms. The summed E-state index contributed by atoms with van der Waals surface area (Å²) in [5.41, 5.74) is 5.05. The van der Waals surface area contributed by atoms with Crippen LogP contribution in [0, 0.1) is 0 Å². The van der Waals surface area contributed by atoms with E-state index in [9.17, 15) is 14.4 Å². The van der Waals surface area contributed by atoms with Crippen molar-refractivity contribution < 1.29 is 33.2 Å². The largest absolute Gasteiger partial charge is 0.494 e. The summed E-state index contributed by atoms with van der Waals surface area (Å²) in [6.07, 6.45) is -0.182. The molecule has 0 aromatic heterocycles. The molecule has 2 aliphatic heterocycles. The van der Waals surface area contributed by atoms with Crippen LogP contribution in [0.5, 0.6) is 0 Å². The van der Waals surface area contributed by atoms with Crippen LogP contribution in [-0.4, -0.2) is 61.0 Å². The van der Waals surface area contributed by atoms with Crippen molar-refractivity contribution in [1.82, 2.24) is 10.6 Å². The van der Waals surface area contributed by atoms with Crippen molar-refractivity contribution in [2.24, 2.45) is 5.73 Å². The van der Waals surface area contributed by atoms with E-state index in [0.717, 1.165) is 11.0 Å². The molecule has 0 unspecified atom stereocenters. The maximum absolute atomic E-state index is 13.3. The second-order valence-electron chi connectivity index (χ2n) is 10.4. The van der Waals surface area contributed by atoms with Gasteiger partial charge in [-0.1, -0.05) is 30.8 Å². The number of amides is 3. The Morgan fingerprint density at radius 3 is 2.14 bits per heavy atom. The number of primary amides is 1. The average Bonchev–Trinajstić information content (AvgIpc) is 3.00. The number of hydrogen-bond acceptors (Lipinski definition) is 7. The van der Waals surface area contributed by atoms with Gasteiger partial charge >= 0.3 is 13.2 Å². The molecule has 2 fully saturated rings. The van der Waals surface area contributed by atoms with Crippen LogP contribution in [0.4, 0.5) is 4.79 Å². The zero-order valence-electron chi connectivity index (χ0n) is 21.6. The molecule has 0 aliphatic carbocycles. The number of rotatable bonds is 8. The van der Waals surface area contributed by atoms with Crippen molar-refractivity contribution in [2.45, 2.75) is 76.7 Å². The normalized spacial score (nSPS) is 20.8. The van der Waals surface area contributed by atoms with Gasteiger partial charge in [0.1, 0.15) is 11.6 Å². The Bertz CT molecular complexity index is 987. The number of hydrogen-bond donors (Lipinski definition) is 3. The van der Waals surface area contributed by atoms with Crippen molar-refractivity contribution in [3.05, 3.63) is 42.2 Å². The lowest BCUT2D eigenvalue weighted by Crippen LogP contribution is -2.63. The van der Waals surface area contributed by atoms with E-state index in [-0.39, 0.29) is 38.2 Å². The Kier molecular flexibility index (Phi) is 8.17. The number of alkyl carbamates (subject to hydrolysis) is 1. The quantitative estimate of drug-likeness (QED) is 0.361. The van der Waals surface area contributed by atoms with E-state index >= 15 is 0 Å². The van der Waals surface area contributed by atoms with Crippen molar-refractivity contribution in [1.29, 1.82) is 0 Å². The number of nitrogens with one attached hydrogen (secondary N) is 2. The SMILES string of the molecule is C=C(C)OC(=O)NC1(C(=O)N[C@@H](Cc2ccc(B3OC(C)(C)C(C)(C)O3)cc2)C(N)=O)CCOCC1. The molecule has 11 heteroatoms. The first-order valence-electron chi connectivity index (χ1n) is 12.0. The van der Waals surface area contributed by atoms with Gasteiger partial charge < -0.3 is 35.1 Å². The molecular weight excluding hydrogens is 465 g/mol. The minimum atomic E-state index is -1.29. The van der Waals surface area contributed by atoms with Crippen LogP contribution in [0.2, 0.25) is 0 Å². The van der Waals surface area contributed by atoms with E-state index in [4.69, 9.17) is 24.5 Å². The molecule has 196 valence electrons. The van der Waals surface area contributed by atoms with Gasteiger partial charge in [-0.25, -0.2) is 4.79 Å². The average molecular weight is 501 g/mol. The molecule has 0 saturated carbocycles. The highest BCUT2D eigenvalue weighted by atomic mass is 16.7. The smallest absolute Gasteiger partial charge is 0.416 e.